The second kappa shape index (κ2) is 6.86. The van der Waals surface area contributed by atoms with Crippen molar-refractivity contribution in [1.29, 1.82) is 0 Å². The molecule has 0 saturated carbocycles. The lowest BCUT2D eigenvalue weighted by molar-refractivity contribution is 0.585. The molecule has 1 aromatic heterocycles. The summed E-state index contributed by atoms with van der Waals surface area (Å²) in [6, 6.07) is 17.6. The summed E-state index contributed by atoms with van der Waals surface area (Å²) in [5.74, 6) is -0.377. The zero-order valence-electron chi connectivity index (χ0n) is 19.4. The van der Waals surface area contributed by atoms with E-state index in [9.17, 15) is 9.18 Å². The van der Waals surface area contributed by atoms with Gasteiger partial charge in [-0.2, -0.15) is 0 Å². The van der Waals surface area contributed by atoms with Crippen molar-refractivity contribution in [1.82, 2.24) is 0 Å². The lowest BCUT2D eigenvalue weighted by atomic mass is 9.77. The van der Waals surface area contributed by atoms with Crippen molar-refractivity contribution in [3.8, 4) is 0 Å². The average Bonchev–Trinajstić information content (AvgIpc) is 2.69. The number of hydrogen-bond acceptors (Lipinski definition) is 2. The Balaban J connectivity index is 1.94. The fourth-order valence-electron chi connectivity index (χ4n) is 4.72. The highest BCUT2D eigenvalue weighted by Gasteiger charge is 2.23. The summed E-state index contributed by atoms with van der Waals surface area (Å²) in [6.07, 6.45) is 0. The Kier molecular flexibility index (Phi) is 4.52. The van der Waals surface area contributed by atoms with Crippen LogP contribution in [-0.4, -0.2) is 0 Å². The van der Waals surface area contributed by atoms with E-state index in [0.717, 1.165) is 20.2 Å². The van der Waals surface area contributed by atoms with Crippen molar-refractivity contribution in [3.05, 3.63) is 81.8 Å². The largest absolute Gasteiger partial charge is 0.289 e. The molecule has 0 amide bonds. The van der Waals surface area contributed by atoms with Gasteiger partial charge >= 0.3 is 0 Å². The smallest absolute Gasteiger partial charge is 0.195 e. The summed E-state index contributed by atoms with van der Waals surface area (Å²) < 4.78 is 15.5. The second-order valence-corrected chi connectivity index (χ2v) is 11.9. The van der Waals surface area contributed by atoms with Gasteiger partial charge in [0.05, 0.1) is 0 Å². The topological polar surface area (TPSA) is 17.1 Å². The maximum Gasteiger partial charge on any atom is 0.195 e. The molecule has 0 spiro atoms. The molecule has 162 valence electrons. The highest BCUT2D eigenvalue weighted by atomic mass is 32.1. The van der Waals surface area contributed by atoms with Gasteiger partial charge in [0.1, 0.15) is 5.82 Å². The normalized spacial score (nSPS) is 13.0. The van der Waals surface area contributed by atoms with Crippen LogP contribution in [0.3, 0.4) is 0 Å². The molecule has 0 N–H and O–H groups in total. The van der Waals surface area contributed by atoms with Crippen molar-refractivity contribution in [3.63, 3.8) is 0 Å². The maximum atomic E-state index is 13.8. The van der Waals surface area contributed by atoms with E-state index < -0.39 is 0 Å². The Bertz CT molecular complexity index is 1610. The van der Waals surface area contributed by atoms with E-state index >= 15 is 0 Å². The molecule has 4 aromatic carbocycles. The monoisotopic (exact) mass is 442 g/mol. The molecule has 32 heavy (non-hydrogen) atoms. The summed E-state index contributed by atoms with van der Waals surface area (Å²) in [6.45, 7) is 13.5. The Hall–Kier alpha value is -2.78. The van der Waals surface area contributed by atoms with E-state index in [1.165, 1.54) is 34.0 Å². The third kappa shape index (κ3) is 3.31. The van der Waals surface area contributed by atoms with Gasteiger partial charge in [0.2, 0.25) is 0 Å². The Labute approximate surface area is 191 Å². The lowest BCUT2D eigenvalue weighted by Gasteiger charge is -2.27. The summed E-state index contributed by atoms with van der Waals surface area (Å²) in [5.41, 5.74) is 2.54. The minimum absolute atomic E-state index is 0.00130. The fraction of sp³-hybridized carbons (Fsp3) is 0.276. The molecular weight excluding hydrogens is 415 g/mol. The van der Waals surface area contributed by atoms with Crippen LogP contribution < -0.4 is 5.43 Å². The Morgan fingerprint density at radius 1 is 0.625 bits per heavy atom. The molecule has 0 fully saturated rings. The Morgan fingerprint density at radius 3 is 1.69 bits per heavy atom. The van der Waals surface area contributed by atoms with Crippen LogP contribution in [0.15, 0.2) is 59.4 Å². The predicted octanol–water partition coefficient (Wildman–Crippen LogP) is 8.46. The molecule has 0 aliphatic carbocycles. The number of halogens is 1. The first-order valence-corrected chi connectivity index (χ1v) is 11.8. The van der Waals surface area contributed by atoms with Crippen molar-refractivity contribution >= 4 is 53.1 Å². The van der Waals surface area contributed by atoms with E-state index in [4.69, 9.17) is 0 Å². The van der Waals surface area contributed by atoms with Crippen molar-refractivity contribution in [2.75, 3.05) is 0 Å². The van der Waals surface area contributed by atoms with Crippen LogP contribution in [-0.2, 0) is 10.8 Å². The van der Waals surface area contributed by atoms with Gasteiger partial charge in [-0.15, -0.1) is 11.3 Å². The average molecular weight is 443 g/mol. The van der Waals surface area contributed by atoms with Gasteiger partial charge < -0.3 is 0 Å². The van der Waals surface area contributed by atoms with E-state index in [1.807, 2.05) is 6.07 Å². The quantitative estimate of drug-likeness (QED) is 0.220. The van der Waals surface area contributed by atoms with Crippen LogP contribution in [0.25, 0.3) is 41.7 Å². The molecule has 1 nitrogen and oxygen atoms in total. The van der Waals surface area contributed by atoms with E-state index in [-0.39, 0.29) is 22.1 Å². The molecule has 0 saturated heterocycles. The third-order valence-electron chi connectivity index (χ3n) is 6.34. The third-order valence-corrected chi connectivity index (χ3v) is 7.47. The molecule has 0 aliphatic heterocycles. The van der Waals surface area contributed by atoms with Crippen LogP contribution >= 0.6 is 11.3 Å². The minimum atomic E-state index is -0.377. The second-order valence-electron chi connectivity index (χ2n) is 10.8. The van der Waals surface area contributed by atoms with Gasteiger partial charge in [-0.05, 0) is 86.0 Å². The maximum absolute atomic E-state index is 13.8. The van der Waals surface area contributed by atoms with Crippen LogP contribution in [0.4, 0.5) is 4.39 Å². The van der Waals surface area contributed by atoms with Gasteiger partial charge in [0, 0.05) is 20.2 Å². The predicted molar refractivity (Wildman–Crippen MR) is 138 cm³/mol. The molecular formula is C29H27FOS. The molecule has 0 aliphatic rings. The minimum Gasteiger partial charge on any atom is -0.289 e. The number of fused-ring (bicyclic) bond motifs is 4. The Morgan fingerprint density at radius 2 is 1.12 bits per heavy atom. The summed E-state index contributed by atoms with van der Waals surface area (Å²) in [7, 11) is 0. The highest BCUT2D eigenvalue weighted by Crippen LogP contribution is 2.39. The van der Waals surface area contributed by atoms with Crippen LogP contribution in [0.1, 0.15) is 52.7 Å². The van der Waals surface area contributed by atoms with Gasteiger partial charge in [0.25, 0.3) is 0 Å². The van der Waals surface area contributed by atoms with Gasteiger partial charge in [-0.25, -0.2) is 4.39 Å². The molecule has 0 radical (unpaired) electrons. The lowest BCUT2D eigenvalue weighted by Crippen LogP contribution is -2.16. The summed E-state index contributed by atoms with van der Waals surface area (Å²) >= 11 is 1.54. The molecule has 5 aromatic rings. The van der Waals surface area contributed by atoms with Crippen molar-refractivity contribution in [2.24, 2.45) is 0 Å². The molecule has 0 atom stereocenters. The molecule has 5 rings (SSSR count). The van der Waals surface area contributed by atoms with Crippen molar-refractivity contribution < 1.29 is 4.39 Å². The van der Waals surface area contributed by atoms with Crippen molar-refractivity contribution in [2.45, 2.75) is 52.4 Å². The standard InChI is InChI=1S/C29H27FOS/c1-28(2,3)23-8-9-24(29(4,5)6)20-12-17-14-26-21(13-16(17)11-19(20)23)27(31)22-15-18(30)7-10-25(22)32-26/h7-15H,1-6H3. The first kappa shape index (κ1) is 21.1. The zero-order valence-corrected chi connectivity index (χ0v) is 20.2. The molecule has 0 bridgehead atoms. The number of rotatable bonds is 0. The van der Waals surface area contributed by atoms with Crippen LogP contribution in [0, 0.1) is 5.82 Å². The summed E-state index contributed by atoms with van der Waals surface area (Å²) in [4.78, 5) is 13.2. The molecule has 1 heterocycles. The van der Waals surface area contributed by atoms with Gasteiger partial charge in [-0.1, -0.05) is 53.7 Å². The fourth-order valence-corrected chi connectivity index (χ4v) is 5.80. The van der Waals surface area contributed by atoms with Crippen LogP contribution in [0.2, 0.25) is 0 Å². The van der Waals surface area contributed by atoms with E-state index in [2.05, 4.69) is 71.9 Å². The van der Waals surface area contributed by atoms with Gasteiger partial charge in [0.15, 0.2) is 5.43 Å². The first-order valence-electron chi connectivity index (χ1n) is 11.0. The first-order chi connectivity index (χ1) is 14.9. The molecule has 0 unspecified atom stereocenters. The van der Waals surface area contributed by atoms with E-state index in [0.29, 0.717) is 10.8 Å². The number of benzene rings is 4. The SMILES string of the molecule is CC(C)(C)c1ccc(C(C)(C)C)c2cc3cc4c(=O)c5cc(F)ccc5sc4cc3cc12. The summed E-state index contributed by atoms with van der Waals surface area (Å²) in [5, 5.41) is 5.78. The zero-order chi connectivity index (χ0) is 23.0. The van der Waals surface area contributed by atoms with Crippen LogP contribution in [0.5, 0.6) is 0 Å². The number of hydrogen-bond donors (Lipinski definition) is 0. The molecule has 3 heteroatoms. The van der Waals surface area contributed by atoms with Gasteiger partial charge in [-0.3, -0.25) is 4.79 Å². The van der Waals surface area contributed by atoms with E-state index in [1.54, 1.807) is 17.4 Å². The highest BCUT2D eigenvalue weighted by molar-refractivity contribution is 7.24.